The number of amides is 2. The highest BCUT2D eigenvalue weighted by molar-refractivity contribution is 5.99. The third-order valence-corrected chi connectivity index (χ3v) is 3.58. The minimum absolute atomic E-state index is 0.188. The SMILES string of the molecule is O=C(Nc1ccc(Oc2ccc(OC(F)(F)F)cc2)cc1)Nc1ccc(F)cc1F. The normalized spacial score (nSPS) is 11.0. The minimum atomic E-state index is -4.78. The van der Waals surface area contributed by atoms with Crippen molar-refractivity contribution in [3.05, 3.63) is 78.4 Å². The molecule has 0 heterocycles. The molecule has 156 valence electrons. The van der Waals surface area contributed by atoms with Crippen LogP contribution < -0.4 is 20.1 Å². The van der Waals surface area contributed by atoms with Gasteiger partial charge in [-0.05, 0) is 60.7 Å². The van der Waals surface area contributed by atoms with Crippen molar-refractivity contribution in [3.8, 4) is 17.2 Å². The van der Waals surface area contributed by atoms with E-state index in [1.54, 1.807) is 0 Å². The molecule has 0 atom stereocenters. The largest absolute Gasteiger partial charge is 0.573 e. The number of urea groups is 1. The van der Waals surface area contributed by atoms with Crippen molar-refractivity contribution in [1.82, 2.24) is 0 Å². The molecule has 0 aliphatic carbocycles. The highest BCUT2D eigenvalue weighted by Gasteiger charge is 2.30. The fraction of sp³-hybridized carbons (Fsp3) is 0.0500. The van der Waals surface area contributed by atoms with Crippen LogP contribution in [0.1, 0.15) is 0 Å². The van der Waals surface area contributed by atoms with Gasteiger partial charge in [-0.3, -0.25) is 0 Å². The van der Waals surface area contributed by atoms with Gasteiger partial charge in [-0.1, -0.05) is 0 Å². The molecule has 0 aromatic heterocycles. The number of hydrogen-bond acceptors (Lipinski definition) is 3. The number of hydrogen-bond donors (Lipinski definition) is 2. The Morgan fingerprint density at radius 3 is 1.90 bits per heavy atom. The molecule has 10 heteroatoms. The van der Waals surface area contributed by atoms with Gasteiger partial charge in [-0.15, -0.1) is 13.2 Å². The number of rotatable bonds is 5. The highest BCUT2D eigenvalue weighted by Crippen LogP contribution is 2.28. The zero-order valence-electron chi connectivity index (χ0n) is 15.0. The maximum Gasteiger partial charge on any atom is 0.573 e. The van der Waals surface area contributed by atoms with Crippen molar-refractivity contribution < 1.29 is 36.2 Å². The molecule has 0 fully saturated rings. The molecule has 5 nitrogen and oxygen atoms in total. The van der Waals surface area contributed by atoms with Crippen molar-refractivity contribution in [3.63, 3.8) is 0 Å². The zero-order valence-corrected chi connectivity index (χ0v) is 15.0. The Kier molecular flexibility index (Phi) is 6.05. The molecule has 0 unspecified atom stereocenters. The molecule has 2 N–H and O–H groups in total. The fourth-order valence-corrected chi connectivity index (χ4v) is 2.33. The predicted octanol–water partition coefficient (Wildman–Crippen LogP) is 6.30. The summed E-state index contributed by atoms with van der Waals surface area (Å²) in [5.41, 5.74) is 0.170. The van der Waals surface area contributed by atoms with Crippen LogP contribution in [-0.4, -0.2) is 12.4 Å². The molecule has 0 saturated carbocycles. The first-order valence-electron chi connectivity index (χ1n) is 8.35. The number of ether oxygens (including phenoxy) is 2. The number of benzene rings is 3. The van der Waals surface area contributed by atoms with Crippen molar-refractivity contribution in [2.45, 2.75) is 6.36 Å². The van der Waals surface area contributed by atoms with Gasteiger partial charge < -0.3 is 20.1 Å². The van der Waals surface area contributed by atoms with Gasteiger partial charge in [0.2, 0.25) is 0 Å². The maximum atomic E-state index is 13.6. The Bertz CT molecular complexity index is 1020. The van der Waals surface area contributed by atoms with Gasteiger partial charge in [0.25, 0.3) is 0 Å². The Morgan fingerprint density at radius 2 is 1.33 bits per heavy atom. The molecule has 0 spiro atoms. The van der Waals surface area contributed by atoms with E-state index in [-0.39, 0.29) is 17.2 Å². The Hall–Kier alpha value is -3.82. The number of carbonyl (C=O) groups excluding carboxylic acids is 1. The van der Waals surface area contributed by atoms with Crippen molar-refractivity contribution in [1.29, 1.82) is 0 Å². The number of nitrogens with one attached hydrogen (secondary N) is 2. The monoisotopic (exact) mass is 424 g/mol. The van der Waals surface area contributed by atoms with Crippen molar-refractivity contribution >= 4 is 17.4 Å². The average molecular weight is 424 g/mol. The second-order valence-corrected chi connectivity index (χ2v) is 5.85. The molecule has 0 radical (unpaired) electrons. The van der Waals surface area contributed by atoms with Crippen LogP contribution in [0, 0.1) is 11.6 Å². The summed E-state index contributed by atoms with van der Waals surface area (Å²) < 4.78 is 72.2. The minimum Gasteiger partial charge on any atom is -0.457 e. The fourth-order valence-electron chi connectivity index (χ4n) is 2.33. The topological polar surface area (TPSA) is 59.6 Å². The number of anilines is 2. The van der Waals surface area contributed by atoms with E-state index in [4.69, 9.17) is 4.74 Å². The molecule has 2 amide bonds. The lowest BCUT2D eigenvalue weighted by Crippen LogP contribution is -2.20. The zero-order chi connectivity index (χ0) is 21.7. The summed E-state index contributed by atoms with van der Waals surface area (Å²) in [5.74, 6) is -1.43. The van der Waals surface area contributed by atoms with Crippen molar-refractivity contribution in [2.75, 3.05) is 10.6 Å². The molecule has 3 aromatic rings. The summed E-state index contributed by atoms with van der Waals surface area (Å²) in [6, 6.07) is 12.8. The lowest BCUT2D eigenvalue weighted by atomic mass is 10.3. The molecule has 3 aromatic carbocycles. The smallest absolute Gasteiger partial charge is 0.457 e. The molecule has 3 rings (SSSR count). The predicted molar refractivity (Wildman–Crippen MR) is 98.6 cm³/mol. The Balaban J connectivity index is 1.56. The van der Waals surface area contributed by atoms with Crippen LogP contribution >= 0.6 is 0 Å². The second-order valence-electron chi connectivity index (χ2n) is 5.85. The summed E-state index contributed by atoms with van der Waals surface area (Å²) in [4.78, 5) is 11.9. The Morgan fingerprint density at radius 1 is 0.767 bits per heavy atom. The van der Waals surface area contributed by atoms with Crippen molar-refractivity contribution in [2.24, 2.45) is 0 Å². The standard InChI is InChI=1S/C20H13F5N2O3/c21-12-1-10-18(17(22)11-12)27-19(28)26-13-2-4-14(5-3-13)29-15-6-8-16(9-7-15)30-20(23,24)25/h1-11H,(H2,26,27,28). The van der Waals surface area contributed by atoms with Gasteiger partial charge >= 0.3 is 12.4 Å². The lowest BCUT2D eigenvalue weighted by Gasteiger charge is -2.11. The number of alkyl halides is 3. The third kappa shape index (κ3) is 6.09. The average Bonchev–Trinajstić information content (AvgIpc) is 2.66. The van der Waals surface area contributed by atoms with Gasteiger partial charge in [0, 0.05) is 11.8 Å². The maximum absolute atomic E-state index is 13.6. The van der Waals surface area contributed by atoms with Gasteiger partial charge in [0.05, 0.1) is 5.69 Å². The van der Waals surface area contributed by atoms with Gasteiger partial charge in [0.15, 0.2) is 0 Å². The van der Waals surface area contributed by atoms with Gasteiger partial charge in [-0.25, -0.2) is 13.6 Å². The van der Waals surface area contributed by atoms with E-state index >= 15 is 0 Å². The summed E-state index contributed by atoms with van der Waals surface area (Å²) in [6.45, 7) is 0. The van der Waals surface area contributed by atoms with Crippen LogP contribution in [0.15, 0.2) is 66.7 Å². The number of halogens is 5. The highest BCUT2D eigenvalue weighted by atomic mass is 19.4. The molecule has 0 saturated heterocycles. The van der Waals surface area contributed by atoms with Gasteiger partial charge in [0.1, 0.15) is 28.9 Å². The molecular weight excluding hydrogens is 411 g/mol. The second kappa shape index (κ2) is 8.68. The first-order chi connectivity index (χ1) is 14.2. The van der Waals surface area contributed by atoms with Gasteiger partial charge in [-0.2, -0.15) is 0 Å². The first-order valence-corrected chi connectivity index (χ1v) is 8.35. The van der Waals surface area contributed by atoms with E-state index in [0.29, 0.717) is 17.5 Å². The van der Waals surface area contributed by atoms with E-state index in [1.165, 1.54) is 36.4 Å². The summed E-state index contributed by atoms with van der Waals surface area (Å²) in [7, 11) is 0. The summed E-state index contributed by atoms with van der Waals surface area (Å²) >= 11 is 0. The first kappa shape index (κ1) is 20.9. The molecule has 0 bridgehead atoms. The van der Waals surface area contributed by atoms with Crippen LogP contribution in [0.4, 0.5) is 38.1 Å². The van der Waals surface area contributed by atoms with E-state index in [1.807, 2.05) is 0 Å². The summed E-state index contributed by atoms with van der Waals surface area (Å²) in [5, 5.41) is 4.71. The van der Waals surface area contributed by atoms with Crippen LogP contribution in [0.3, 0.4) is 0 Å². The molecule has 0 aliphatic rings. The molecular formula is C20H13F5N2O3. The summed E-state index contributed by atoms with van der Waals surface area (Å²) in [6.07, 6.45) is -4.78. The number of carbonyl (C=O) groups is 1. The van der Waals surface area contributed by atoms with Crippen LogP contribution in [0.5, 0.6) is 17.2 Å². The Labute approximate surface area is 167 Å². The third-order valence-electron chi connectivity index (χ3n) is 3.58. The van der Waals surface area contributed by atoms with Crippen LogP contribution in [0.25, 0.3) is 0 Å². The molecule has 0 aliphatic heterocycles. The van der Waals surface area contributed by atoms with E-state index < -0.39 is 24.0 Å². The molecule has 30 heavy (non-hydrogen) atoms. The van der Waals surface area contributed by atoms with Crippen LogP contribution in [0.2, 0.25) is 0 Å². The lowest BCUT2D eigenvalue weighted by molar-refractivity contribution is -0.274. The van der Waals surface area contributed by atoms with E-state index in [9.17, 15) is 26.7 Å². The van der Waals surface area contributed by atoms with Crippen LogP contribution in [-0.2, 0) is 0 Å². The van der Waals surface area contributed by atoms with E-state index in [2.05, 4.69) is 15.4 Å². The van der Waals surface area contributed by atoms with E-state index in [0.717, 1.165) is 24.3 Å². The quantitative estimate of drug-likeness (QED) is 0.473.